The van der Waals surface area contributed by atoms with E-state index < -0.39 is 20.6 Å². The van der Waals surface area contributed by atoms with Crippen LogP contribution in [-0.2, 0) is 9.32 Å². The Kier molecular flexibility index (Phi) is 8.51. The molecule has 0 spiro atoms. The first-order chi connectivity index (χ1) is 12.1. The third-order valence-electron chi connectivity index (χ3n) is 3.44. The van der Waals surface area contributed by atoms with Gasteiger partial charge in [0.25, 0.3) is 0 Å². The quantitative estimate of drug-likeness (QED) is 0.254. The number of amides is 2. The summed E-state index contributed by atoms with van der Waals surface area (Å²) in [5, 5.41) is 16.2. The van der Waals surface area contributed by atoms with Crippen LogP contribution in [0.5, 0.6) is 0 Å². The van der Waals surface area contributed by atoms with E-state index in [1.807, 2.05) is 4.67 Å². The number of hydrogen-bond acceptors (Lipinski definition) is 7. The van der Waals surface area contributed by atoms with Gasteiger partial charge in [-0.25, -0.2) is 14.6 Å². The Hall–Kier alpha value is -0.800. The maximum Gasteiger partial charge on any atom is 0.347 e. The second kappa shape index (κ2) is 10.4. The maximum absolute atomic E-state index is 12.2. The van der Waals surface area contributed by atoms with Crippen molar-refractivity contribution >= 4 is 49.7 Å². The standard InChI is InChI=1S/C13H20Cl2N5O4P/c14-3-6-19(7-4-15)25-18-12(2-8-24-25)20(23)13(22)17-10-9-16-5-1-11(10)21/h5,9,12,18,23H,1-4,6-8H2,(H,17,22). The Balaban J connectivity index is 1.94. The number of hydrogen-bond donors (Lipinski definition) is 3. The summed E-state index contributed by atoms with van der Waals surface area (Å²) >= 11 is 11.6. The summed E-state index contributed by atoms with van der Waals surface area (Å²) in [6, 6.07) is -0.813. The van der Waals surface area contributed by atoms with Crippen molar-refractivity contribution in [1.29, 1.82) is 0 Å². The number of urea groups is 1. The van der Waals surface area contributed by atoms with Gasteiger partial charge < -0.3 is 9.84 Å². The molecule has 12 heteroatoms. The predicted octanol–water partition coefficient (Wildman–Crippen LogP) is 1.61. The number of ketones is 1. The first-order valence-electron chi connectivity index (χ1n) is 7.67. The zero-order chi connectivity index (χ0) is 18.2. The number of Topliss-reactive ketones (excluding diaryl/α,β-unsaturated/α-hetero) is 1. The van der Waals surface area contributed by atoms with E-state index in [4.69, 9.17) is 27.7 Å². The second-order valence-corrected chi connectivity index (χ2v) is 7.53. The van der Waals surface area contributed by atoms with Gasteiger partial charge in [-0.3, -0.25) is 15.0 Å². The summed E-state index contributed by atoms with van der Waals surface area (Å²) in [7, 11) is -1.24. The third-order valence-corrected chi connectivity index (χ3v) is 5.64. The Morgan fingerprint density at radius 2 is 2.20 bits per heavy atom. The SMILES string of the molecule is O=C1CC=NC=C1NC(=O)N(O)C1CCOP(N(CCCl)CCCl)N1. The van der Waals surface area contributed by atoms with Crippen LogP contribution in [0.3, 0.4) is 0 Å². The first-order valence-corrected chi connectivity index (χ1v) is 9.95. The highest BCUT2D eigenvalue weighted by atomic mass is 35.5. The number of nitrogens with zero attached hydrogens (tertiary/aromatic N) is 3. The molecule has 2 amide bonds. The smallest absolute Gasteiger partial charge is 0.331 e. The molecule has 0 bridgehead atoms. The molecule has 0 aromatic rings. The van der Waals surface area contributed by atoms with Gasteiger partial charge in [0, 0.05) is 43.9 Å². The van der Waals surface area contributed by atoms with Crippen LogP contribution in [0.25, 0.3) is 0 Å². The largest absolute Gasteiger partial charge is 0.347 e. The molecular weight excluding hydrogens is 392 g/mol. The first kappa shape index (κ1) is 20.5. The van der Waals surface area contributed by atoms with Gasteiger partial charge in [-0.05, 0) is 0 Å². The van der Waals surface area contributed by atoms with Crippen molar-refractivity contribution in [3.05, 3.63) is 11.9 Å². The Labute approximate surface area is 156 Å². The Morgan fingerprint density at radius 1 is 1.48 bits per heavy atom. The van der Waals surface area contributed by atoms with E-state index in [1.54, 1.807) is 0 Å². The molecule has 2 unspecified atom stereocenters. The van der Waals surface area contributed by atoms with Crippen molar-refractivity contribution in [2.45, 2.75) is 19.0 Å². The molecule has 2 aliphatic rings. The third kappa shape index (κ3) is 5.86. The number of allylic oxidation sites excluding steroid dienone is 1. The van der Waals surface area contributed by atoms with Crippen LogP contribution in [0.15, 0.2) is 16.9 Å². The van der Waals surface area contributed by atoms with Gasteiger partial charge in [0.2, 0.25) is 0 Å². The van der Waals surface area contributed by atoms with Crippen molar-refractivity contribution in [1.82, 2.24) is 20.1 Å². The van der Waals surface area contributed by atoms with E-state index in [1.165, 1.54) is 12.4 Å². The van der Waals surface area contributed by atoms with Crippen molar-refractivity contribution in [3.8, 4) is 0 Å². The molecule has 25 heavy (non-hydrogen) atoms. The monoisotopic (exact) mass is 411 g/mol. The van der Waals surface area contributed by atoms with Crippen molar-refractivity contribution in [2.24, 2.45) is 4.99 Å². The summed E-state index contributed by atoms with van der Waals surface area (Å²) in [5.41, 5.74) is 0.0479. The number of hydroxylamine groups is 2. The second-order valence-electron chi connectivity index (χ2n) is 5.15. The maximum atomic E-state index is 12.2. The molecule has 0 saturated carbocycles. The van der Waals surface area contributed by atoms with Crippen molar-refractivity contribution < 1.29 is 19.3 Å². The van der Waals surface area contributed by atoms with Crippen molar-refractivity contribution in [2.75, 3.05) is 31.5 Å². The number of aliphatic imine (C=N–C) groups is 1. The van der Waals surface area contributed by atoms with E-state index >= 15 is 0 Å². The molecule has 9 nitrogen and oxygen atoms in total. The lowest BCUT2D eigenvalue weighted by Crippen LogP contribution is -2.53. The van der Waals surface area contributed by atoms with Crippen LogP contribution in [0.4, 0.5) is 4.79 Å². The average molecular weight is 412 g/mol. The number of alkyl halides is 2. The number of carbonyl (C=O) groups is 2. The fourth-order valence-corrected chi connectivity index (χ4v) is 4.55. The van der Waals surface area contributed by atoms with Crippen LogP contribution in [0.2, 0.25) is 0 Å². The summed E-state index contributed by atoms with van der Waals surface area (Å²) < 4.78 is 7.62. The van der Waals surface area contributed by atoms with Gasteiger partial charge in [0.05, 0.1) is 12.8 Å². The number of nitrogens with one attached hydrogen (secondary N) is 2. The van der Waals surface area contributed by atoms with E-state index in [9.17, 15) is 14.8 Å². The predicted molar refractivity (Wildman–Crippen MR) is 95.8 cm³/mol. The molecule has 0 radical (unpaired) electrons. The van der Waals surface area contributed by atoms with Gasteiger partial charge in [-0.1, -0.05) is 0 Å². The highest BCUT2D eigenvalue weighted by Gasteiger charge is 2.33. The average Bonchev–Trinajstić information content (AvgIpc) is 2.63. The molecular formula is C13H20Cl2N5O4P. The van der Waals surface area contributed by atoms with E-state index in [-0.39, 0.29) is 17.9 Å². The molecule has 2 rings (SSSR count). The highest BCUT2D eigenvalue weighted by Crippen LogP contribution is 2.41. The van der Waals surface area contributed by atoms with Gasteiger partial charge >= 0.3 is 6.03 Å². The summed E-state index contributed by atoms with van der Waals surface area (Å²) in [6.45, 7) is 1.49. The van der Waals surface area contributed by atoms with Crippen molar-refractivity contribution in [3.63, 3.8) is 0 Å². The minimum atomic E-state index is -1.24. The summed E-state index contributed by atoms with van der Waals surface area (Å²) in [6.07, 6.45) is 2.55. The zero-order valence-electron chi connectivity index (χ0n) is 13.4. The highest BCUT2D eigenvalue weighted by molar-refractivity contribution is 7.47. The molecule has 140 valence electrons. The molecule has 0 aliphatic carbocycles. The Bertz CT molecular complexity index is 545. The lowest BCUT2D eigenvalue weighted by atomic mass is 10.2. The fraction of sp³-hybridized carbons (Fsp3) is 0.615. The van der Waals surface area contributed by atoms with E-state index in [0.717, 1.165) is 0 Å². The Morgan fingerprint density at radius 3 is 2.84 bits per heavy atom. The number of halogens is 2. The minimum absolute atomic E-state index is 0.0479. The normalized spacial score (nSPS) is 23.5. The molecule has 0 aromatic heterocycles. The number of carbonyl (C=O) groups excluding carboxylic acids is 2. The number of rotatable bonds is 7. The van der Waals surface area contributed by atoms with Crippen LogP contribution in [-0.4, -0.2) is 70.6 Å². The molecule has 3 N–H and O–H groups in total. The van der Waals surface area contributed by atoms with Gasteiger partial charge in [-0.2, -0.15) is 5.06 Å². The minimum Gasteiger partial charge on any atom is -0.331 e. The molecule has 2 heterocycles. The summed E-state index contributed by atoms with van der Waals surface area (Å²) in [5.74, 6) is 0.547. The summed E-state index contributed by atoms with van der Waals surface area (Å²) in [4.78, 5) is 27.7. The van der Waals surface area contributed by atoms with Crippen LogP contribution in [0.1, 0.15) is 12.8 Å². The molecule has 1 fully saturated rings. The fourth-order valence-electron chi connectivity index (χ4n) is 2.17. The lowest BCUT2D eigenvalue weighted by Gasteiger charge is -2.38. The van der Waals surface area contributed by atoms with E-state index in [2.05, 4.69) is 15.4 Å². The van der Waals surface area contributed by atoms with Gasteiger partial charge in [0.15, 0.2) is 14.2 Å². The zero-order valence-corrected chi connectivity index (χ0v) is 15.8. The molecule has 1 saturated heterocycles. The van der Waals surface area contributed by atoms with Gasteiger partial charge in [0.1, 0.15) is 11.9 Å². The van der Waals surface area contributed by atoms with Crippen LogP contribution < -0.4 is 10.4 Å². The molecule has 0 aromatic carbocycles. The molecule has 2 atom stereocenters. The topological polar surface area (TPSA) is 106 Å². The van der Waals surface area contributed by atoms with Crippen LogP contribution >= 0.6 is 31.7 Å². The molecule has 2 aliphatic heterocycles. The lowest BCUT2D eigenvalue weighted by molar-refractivity contribution is -0.115. The van der Waals surface area contributed by atoms with Crippen LogP contribution in [0, 0.1) is 0 Å². The van der Waals surface area contributed by atoms with Gasteiger partial charge in [-0.15, -0.1) is 23.2 Å². The van der Waals surface area contributed by atoms with E-state index in [0.29, 0.717) is 42.9 Å².